The number of halogens is 4. The molecule has 4 rings (SSSR count). The summed E-state index contributed by atoms with van der Waals surface area (Å²) in [4.78, 5) is 30.8. The number of piperidine rings is 1. The molecule has 176 valence electrons. The van der Waals surface area contributed by atoms with Gasteiger partial charge in [0, 0.05) is 44.8 Å². The number of carbonyl (C=O) groups excluding carboxylic acids is 2. The van der Waals surface area contributed by atoms with E-state index in [1.807, 2.05) is 4.90 Å². The lowest BCUT2D eigenvalue weighted by Crippen LogP contribution is -2.56. The maximum Gasteiger partial charge on any atom is 0.417 e. The standard InChI is InChI=1S/C23H29ClF3N3O2/c1-16-21(32)29(10-2-3-20(31)28-11-8-22(6-7-22)9-12-28)13-14-30(16)17-4-5-18(19(24)15-17)23(25,26)27/h4-5,15-16H,2-3,6-14H2,1H3. The highest BCUT2D eigenvalue weighted by atomic mass is 35.5. The highest BCUT2D eigenvalue weighted by Crippen LogP contribution is 2.53. The predicted octanol–water partition coefficient (Wildman–Crippen LogP) is 4.58. The molecule has 0 aromatic heterocycles. The molecule has 5 nitrogen and oxygen atoms in total. The molecule has 2 heterocycles. The first-order chi connectivity index (χ1) is 15.1. The lowest BCUT2D eigenvalue weighted by molar-refractivity contribution is -0.137. The molecule has 0 N–H and O–H groups in total. The zero-order valence-electron chi connectivity index (χ0n) is 18.3. The number of hydrogen-bond donors (Lipinski definition) is 0. The molecule has 9 heteroatoms. The van der Waals surface area contributed by atoms with Gasteiger partial charge in [0.25, 0.3) is 0 Å². The van der Waals surface area contributed by atoms with Crippen LogP contribution in [0.1, 0.15) is 51.0 Å². The summed E-state index contributed by atoms with van der Waals surface area (Å²) in [5.41, 5.74) is 0.152. The molecular formula is C23H29ClF3N3O2. The van der Waals surface area contributed by atoms with Gasteiger partial charge in [0.1, 0.15) is 6.04 Å². The van der Waals surface area contributed by atoms with Crippen LogP contribution in [0.25, 0.3) is 0 Å². The van der Waals surface area contributed by atoms with E-state index in [1.54, 1.807) is 16.7 Å². The number of piperazine rings is 1. The Morgan fingerprint density at radius 2 is 1.81 bits per heavy atom. The van der Waals surface area contributed by atoms with Gasteiger partial charge < -0.3 is 14.7 Å². The Bertz CT molecular complexity index is 878. The van der Waals surface area contributed by atoms with Gasteiger partial charge in [-0.15, -0.1) is 0 Å². The number of hydrogen-bond acceptors (Lipinski definition) is 3. The fourth-order valence-corrected chi connectivity index (χ4v) is 5.19. The summed E-state index contributed by atoms with van der Waals surface area (Å²) in [6, 6.07) is 3.08. The van der Waals surface area contributed by atoms with E-state index in [0.29, 0.717) is 43.6 Å². The predicted molar refractivity (Wildman–Crippen MR) is 117 cm³/mol. The Balaban J connectivity index is 1.27. The summed E-state index contributed by atoms with van der Waals surface area (Å²) in [6.07, 6.45) is 1.38. The van der Waals surface area contributed by atoms with E-state index in [9.17, 15) is 22.8 Å². The Labute approximate surface area is 191 Å². The SMILES string of the molecule is CC1C(=O)N(CCCC(=O)N2CCC3(CC2)CC3)CCN1c1ccc(C(F)(F)F)c(Cl)c1. The zero-order valence-corrected chi connectivity index (χ0v) is 19.0. The van der Waals surface area contributed by atoms with Crippen LogP contribution in [0.4, 0.5) is 18.9 Å². The van der Waals surface area contributed by atoms with Crippen molar-refractivity contribution in [2.24, 2.45) is 5.41 Å². The molecule has 2 saturated heterocycles. The number of anilines is 1. The van der Waals surface area contributed by atoms with Crippen molar-refractivity contribution in [1.29, 1.82) is 0 Å². The molecule has 1 spiro atoms. The van der Waals surface area contributed by atoms with Crippen molar-refractivity contribution >= 4 is 29.1 Å². The summed E-state index contributed by atoms with van der Waals surface area (Å²) in [5, 5.41) is -0.374. The molecule has 3 fully saturated rings. The molecule has 2 aliphatic heterocycles. The van der Waals surface area contributed by atoms with E-state index in [4.69, 9.17) is 11.6 Å². The third-order valence-corrected chi connectivity index (χ3v) is 7.60. The van der Waals surface area contributed by atoms with Crippen LogP contribution in [-0.4, -0.2) is 60.4 Å². The molecule has 1 aromatic rings. The molecule has 1 aromatic carbocycles. The molecule has 1 unspecified atom stereocenters. The second kappa shape index (κ2) is 8.76. The van der Waals surface area contributed by atoms with Gasteiger partial charge in [0.2, 0.25) is 11.8 Å². The van der Waals surface area contributed by atoms with E-state index < -0.39 is 17.8 Å². The number of amides is 2. The van der Waals surface area contributed by atoms with Gasteiger partial charge in [-0.25, -0.2) is 0 Å². The number of rotatable bonds is 5. The van der Waals surface area contributed by atoms with Crippen molar-refractivity contribution in [3.63, 3.8) is 0 Å². The van der Waals surface area contributed by atoms with Crippen molar-refractivity contribution < 1.29 is 22.8 Å². The average molecular weight is 472 g/mol. The smallest absolute Gasteiger partial charge is 0.358 e. The lowest BCUT2D eigenvalue weighted by atomic mass is 9.93. The van der Waals surface area contributed by atoms with Crippen molar-refractivity contribution in [2.45, 2.75) is 57.7 Å². The number of alkyl halides is 3. The minimum Gasteiger partial charge on any atom is -0.358 e. The Kier molecular flexibility index (Phi) is 6.36. The summed E-state index contributed by atoms with van der Waals surface area (Å²) >= 11 is 5.85. The Morgan fingerprint density at radius 3 is 2.41 bits per heavy atom. The van der Waals surface area contributed by atoms with E-state index in [-0.39, 0.29) is 16.8 Å². The highest BCUT2D eigenvalue weighted by molar-refractivity contribution is 6.31. The molecule has 3 aliphatic rings. The summed E-state index contributed by atoms with van der Waals surface area (Å²) in [7, 11) is 0. The number of nitrogens with zero attached hydrogens (tertiary/aromatic N) is 3. The van der Waals surface area contributed by atoms with Crippen molar-refractivity contribution in [3.05, 3.63) is 28.8 Å². The topological polar surface area (TPSA) is 43.9 Å². The van der Waals surface area contributed by atoms with Crippen LogP contribution in [0, 0.1) is 5.41 Å². The van der Waals surface area contributed by atoms with Gasteiger partial charge in [-0.3, -0.25) is 9.59 Å². The Morgan fingerprint density at radius 1 is 1.12 bits per heavy atom. The van der Waals surface area contributed by atoms with Gasteiger partial charge in [0.15, 0.2) is 0 Å². The van der Waals surface area contributed by atoms with Crippen LogP contribution in [0.15, 0.2) is 18.2 Å². The lowest BCUT2D eigenvalue weighted by Gasteiger charge is -2.40. The molecule has 1 atom stereocenters. The third kappa shape index (κ3) is 4.85. The molecule has 1 saturated carbocycles. The number of carbonyl (C=O) groups is 2. The van der Waals surface area contributed by atoms with Crippen LogP contribution in [0.3, 0.4) is 0 Å². The molecule has 2 amide bonds. The van der Waals surface area contributed by atoms with Crippen molar-refractivity contribution in [1.82, 2.24) is 9.80 Å². The first-order valence-corrected chi connectivity index (χ1v) is 11.7. The third-order valence-electron chi connectivity index (χ3n) is 7.29. The quantitative estimate of drug-likeness (QED) is 0.631. The second-order valence-electron chi connectivity index (χ2n) is 9.34. The summed E-state index contributed by atoms with van der Waals surface area (Å²) < 4.78 is 38.9. The zero-order chi connectivity index (χ0) is 23.1. The van der Waals surface area contributed by atoms with Gasteiger partial charge >= 0.3 is 6.18 Å². The van der Waals surface area contributed by atoms with Crippen LogP contribution in [0.5, 0.6) is 0 Å². The number of benzene rings is 1. The largest absolute Gasteiger partial charge is 0.417 e. The van der Waals surface area contributed by atoms with Crippen molar-refractivity contribution in [3.8, 4) is 0 Å². The molecular weight excluding hydrogens is 443 g/mol. The summed E-state index contributed by atoms with van der Waals surface area (Å²) in [5.74, 6) is 0.0763. The van der Waals surface area contributed by atoms with E-state index in [0.717, 1.165) is 32.0 Å². The van der Waals surface area contributed by atoms with Crippen LogP contribution >= 0.6 is 11.6 Å². The highest BCUT2D eigenvalue weighted by Gasteiger charge is 2.45. The van der Waals surface area contributed by atoms with Gasteiger partial charge in [-0.1, -0.05) is 11.6 Å². The van der Waals surface area contributed by atoms with Crippen LogP contribution < -0.4 is 4.90 Å². The number of likely N-dealkylation sites (tertiary alicyclic amines) is 1. The molecule has 32 heavy (non-hydrogen) atoms. The Hall–Kier alpha value is -1.96. The maximum absolute atomic E-state index is 13.0. The molecule has 0 radical (unpaired) electrons. The van der Waals surface area contributed by atoms with Crippen molar-refractivity contribution in [2.75, 3.05) is 37.6 Å². The summed E-state index contributed by atoms with van der Waals surface area (Å²) in [6.45, 7) is 4.91. The molecule has 0 bridgehead atoms. The first kappa shape index (κ1) is 23.2. The second-order valence-corrected chi connectivity index (χ2v) is 9.75. The monoisotopic (exact) mass is 471 g/mol. The van der Waals surface area contributed by atoms with Gasteiger partial charge in [-0.2, -0.15) is 13.2 Å². The van der Waals surface area contributed by atoms with E-state index in [1.165, 1.54) is 25.0 Å². The first-order valence-electron chi connectivity index (χ1n) is 11.3. The maximum atomic E-state index is 13.0. The molecule has 1 aliphatic carbocycles. The minimum absolute atomic E-state index is 0.0895. The average Bonchev–Trinajstić information content (AvgIpc) is 3.49. The fraction of sp³-hybridized carbons (Fsp3) is 0.652. The van der Waals surface area contributed by atoms with Gasteiger partial charge in [0.05, 0.1) is 10.6 Å². The fourth-order valence-electron chi connectivity index (χ4n) is 4.90. The van der Waals surface area contributed by atoms with Crippen LogP contribution in [-0.2, 0) is 15.8 Å². The van der Waals surface area contributed by atoms with E-state index >= 15 is 0 Å². The minimum atomic E-state index is -4.51. The van der Waals surface area contributed by atoms with E-state index in [2.05, 4.69) is 0 Å². The van der Waals surface area contributed by atoms with Crippen LogP contribution in [0.2, 0.25) is 5.02 Å². The van der Waals surface area contributed by atoms with Gasteiger partial charge in [-0.05, 0) is 62.6 Å². The normalized spacial score (nSPS) is 23.1.